The number of anilines is 1. The number of hydrogen-bond acceptors (Lipinski definition) is 3. The molecule has 1 N–H and O–H groups in total. The molecule has 0 aromatic heterocycles. The van der Waals surface area contributed by atoms with Gasteiger partial charge in [-0.1, -0.05) is 6.07 Å². The minimum atomic E-state index is -7.86. The van der Waals surface area contributed by atoms with Gasteiger partial charge >= 0.3 is 41.9 Å². The van der Waals surface area contributed by atoms with Crippen LogP contribution in [0.4, 0.5) is 64.1 Å². The van der Waals surface area contributed by atoms with Crippen LogP contribution in [0.15, 0.2) is 24.3 Å². The number of rotatable bonds is 8. The van der Waals surface area contributed by atoms with E-state index in [1.165, 1.54) is 0 Å². The maximum atomic E-state index is 13.6. The molecule has 0 saturated carbocycles. The molecule has 0 saturated heterocycles. The van der Waals surface area contributed by atoms with E-state index in [-0.39, 0.29) is 6.07 Å². The number of benzene rings is 1. The summed E-state index contributed by atoms with van der Waals surface area (Å²) < 4.78 is 156. The van der Waals surface area contributed by atoms with Crippen molar-refractivity contribution in [2.75, 3.05) is 5.32 Å². The highest BCUT2D eigenvalue weighted by Gasteiger charge is 2.89. The average Bonchev–Trinajstić information content (AvgIpc) is 2.60. The van der Waals surface area contributed by atoms with E-state index in [2.05, 4.69) is 0 Å². The second-order valence-corrected chi connectivity index (χ2v) is 5.48. The van der Waals surface area contributed by atoms with Crippen LogP contribution in [0.25, 0.3) is 0 Å². The highest BCUT2D eigenvalue weighted by Crippen LogP contribution is 2.58. The number of non-ortho nitro benzene ring substituents is 1. The Labute approximate surface area is 156 Å². The quantitative estimate of drug-likeness (QED) is 0.334. The van der Waals surface area contributed by atoms with Crippen molar-refractivity contribution in [3.8, 4) is 0 Å². The molecule has 1 rings (SSSR count). The summed E-state index contributed by atoms with van der Waals surface area (Å²) in [5, 5.41) is 11.3. The van der Waals surface area contributed by atoms with Gasteiger partial charge in [0.25, 0.3) is 5.69 Å². The van der Waals surface area contributed by atoms with Crippen LogP contribution in [0.2, 0.25) is 0 Å². The summed E-state index contributed by atoms with van der Waals surface area (Å²) in [6, 6.07) is 2.24. The minimum absolute atomic E-state index is 0.268. The Bertz CT molecular complexity index is 827. The number of nitrogens with one attached hydrogen (secondary N) is 1. The van der Waals surface area contributed by atoms with Crippen LogP contribution in [-0.4, -0.2) is 46.9 Å². The normalized spacial score (nSPS) is 14.0. The van der Waals surface area contributed by atoms with E-state index in [9.17, 15) is 67.6 Å². The summed E-state index contributed by atoms with van der Waals surface area (Å²) >= 11 is 0. The van der Waals surface area contributed by atoms with Crippen molar-refractivity contribution in [3.63, 3.8) is 0 Å². The number of carbonyl (C=O) groups excluding carboxylic acids is 1. The van der Waals surface area contributed by atoms with Gasteiger partial charge in [-0.3, -0.25) is 14.9 Å². The van der Waals surface area contributed by atoms with Crippen molar-refractivity contribution in [2.45, 2.75) is 36.0 Å². The van der Waals surface area contributed by atoms with Crippen LogP contribution in [0.5, 0.6) is 0 Å². The molecule has 0 heterocycles. The molecule has 1 aromatic rings. The van der Waals surface area contributed by atoms with Crippen LogP contribution in [0.3, 0.4) is 0 Å². The molecule has 170 valence electrons. The molecule has 0 aliphatic rings. The minimum Gasteiger partial charge on any atom is -0.320 e. The zero-order chi connectivity index (χ0) is 23.9. The number of alkyl halides is 12. The molecule has 0 spiro atoms. The monoisotopic (exact) mass is 466 g/mol. The van der Waals surface area contributed by atoms with Gasteiger partial charge in [0.15, 0.2) is 0 Å². The molecule has 0 atom stereocenters. The summed E-state index contributed by atoms with van der Waals surface area (Å²) in [7, 11) is 0. The van der Waals surface area contributed by atoms with Crippen LogP contribution in [0.1, 0.15) is 0 Å². The van der Waals surface area contributed by atoms with E-state index in [0.717, 1.165) is 5.32 Å². The maximum Gasteiger partial charge on any atom is 0.393 e. The lowest BCUT2D eigenvalue weighted by Gasteiger charge is -2.38. The summed E-state index contributed by atoms with van der Waals surface area (Å²) in [4.78, 5) is 20.6. The van der Waals surface area contributed by atoms with Crippen molar-refractivity contribution in [1.82, 2.24) is 0 Å². The zero-order valence-electron chi connectivity index (χ0n) is 13.6. The molecule has 0 aliphatic carbocycles. The van der Waals surface area contributed by atoms with Gasteiger partial charge in [-0.05, 0) is 6.07 Å². The van der Waals surface area contributed by atoms with Crippen molar-refractivity contribution < 1.29 is 62.4 Å². The third-order valence-electron chi connectivity index (χ3n) is 3.48. The predicted molar refractivity (Wildman–Crippen MR) is 72.5 cm³/mol. The smallest absolute Gasteiger partial charge is 0.320 e. The van der Waals surface area contributed by atoms with Crippen molar-refractivity contribution in [3.05, 3.63) is 34.4 Å². The van der Waals surface area contributed by atoms with Gasteiger partial charge in [-0.25, -0.2) is 8.78 Å². The molecule has 0 aliphatic heterocycles. The SMILES string of the molecule is O=C(Nc1cccc([N+](=O)[O-])c1)C(F)(F)C(F)(F)C(F)(F)C(F)(F)C(F)(F)C(F)F. The molecule has 0 radical (unpaired) electrons. The largest absolute Gasteiger partial charge is 0.393 e. The van der Waals surface area contributed by atoms with Gasteiger partial charge < -0.3 is 5.32 Å². The van der Waals surface area contributed by atoms with E-state index in [1.54, 1.807) is 0 Å². The van der Waals surface area contributed by atoms with Gasteiger partial charge in [0.05, 0.1) is 4.92 Å². The number of halogens is 12. The van der Waals surface area contributed by atoms with Crippen molar-refractivity contribution >= 4 is 17.3 Å². The van der Waals surface area contributed by atoms with E-state index >= 15 is 0 Å². The fourth-order valence-corrected chi connectivity index (χ4v) is 1.79. The number of amides is 1. The highest BCUT2D eigenvalue weighted by atomic mass is 19.4. The Morgan fingerprint density at radius 1 is 0.900 bits per heavy atom. The lowest BCUT2D eigenvalue weighted by Crippen LogP contribution is -2.70. The summed E-state index contributed by atoms with van der Waals surface area (Å²) in [5.41, 5.74) is -1.99. The standard InChI is InChI=1S/C13H6F12N2O3/c14-7(15)9(16,17)11(20,21)13(24,25)12(22,23)10(18,19)8(28)26-5-2-1-3-6(4-5)27(29)30/h1-4,7H,(H,26,28). The van der Waals surface area contributed by atoms with E-state index in [4.69, 9.17) is 0 Å². The molecule has 1 amide bonds. The topological polar surface area (TPSA) is 72.2 Å². The van der Waals surface area contributed by atoms with Crippen molar-refractivity contribution in [1.29, 1.82) is 0 Å². The molecule has 5 nitrogen and oxygen atoms in total. The van der Waals surface area contributed by atoms with Crippen LogP contribution >= 0.6 is 0 Å². The van der Waals surface area contributed by atoms with Crippen LogP contribution < -0.4 is 5.32 Å². The molecule has 30 heavy (non-hydrogen) atoms. The van der Waals surface area contributed by atoms with Gasteiger partial charge in [0, 0.05) is 17.8 Å². The first kappa shape index (κ1) is 25.3. The molecule has 0 bridgehead atoms. The Balaban J connectivity index is 3.36. The highest BCUT2D eigenvalue weighted by molar-refractivity contribution is 5.97. The fourth-order valence-electron chi connectivity index (χ4n) is 1.79. The number of nitro benzene ring substituents is 1. The molecule has 0 fully saturated rings. The summed E-state index contributed by atoms with van der Waals surface area (Å²) in [6.07, 6.45) is -5.67. The van der Waals surface area contributed by atoms with Gasteiger partial charge in [0.1, 0.15) is 0 Å². The van der Waals surface area contributed by atoms with E-state index < -0.39 is 58.2 Å². The van der Waals surface area contributed by atoms with Crippen LogP contribution in [0, 0.1) is 10.1 Å². The number of nitrogens with zero attached hydrogens (tertiary/aromatic N) is 1. The van der Waals surface area contributed by atoms with Crippen LogP contribution in [-0.2, 0) is 4.79 Å². The Morgan fingerprint density at radius 3 is 1.83 bits per heavy atom. The fraction of sp³-hybridized carbons (Fsp3) is 0.462. The van der Waals surface area contributed by atoms with Gasteiger partial charge in [0.2, 0.25) is 0 Å². The zero-order valence-corrected chi connectivity index (χ0v) is 13.6. The van der Waals surface area contributed by atoms with E-state index in [1.807, 2.05) is 0 Å². The second-order valence-electron chi connectivity index (χ2n) is 5.48. The first-order chi connectivity index (χ1) is 13.2. The lowest BCUT2D eigenvalue weighted by atomic mass is 9.94. The number of nitro groups is 1. The first-order valence-electron chi connectivity index (χ1n) is 6.98. The predicted octanol–water partition coefficient (Wildman–Crippen LogP) is 4.97. The Hall–Kier alpha value is -2.75. The molecular weight excluding hydrogens is 460 g/mol. The van der Waals surface area contributed by atoms with Gasteiger partial charge in [-0.2, -0.15) is 43.9 Å². The number of hydrogen-bond donors (Lipinski definition) is 1. The lowest BCUT2D eigenvalue weighted by molar-refractivity contribution is -0.406. The molecule has 17 heteroatoms. The Kier molecular flexibility index (Phi) is 6.32. The Morgan fingerprint density at radius 2 is 1.40 bits per heavy atom. The van der Waals surface area contributed by atoms with Gasteiger partial charge in [-0.15, -0.1) is 0 Å². The molecular formula is C13H6F12N2O3. The van der Waals surface area contributed by atoms with Crippen molar-refractivity contribution in [2.24, 2.45) is 0 Å². The third-order valence-corrected chi connectivity index (χ3v) is 3.48. The summed E-state index contributed by atoms with van der Waals surface area (Å²) in [6.45, 7) is 0. The second kappa shape index (κ2) is 7.50. The molecule has 1 aromatic carbocycles. The molecule has 0 unspecified atom stereocenters. The number of carbonyl (C=O) groups is 1. The first-order valence-corrected chi connectivity index (χ1v) is 6.98. The average molecular weight is 466 g/mol. The summed E-state index contributed by atoms with van der Waals surface area (Å²) in [5.74, 6) is -40.7. The third kappa shape index (κ3) is 3.71. The maximum absolute atomic E-state index is 13.6. The van der Waals surface area contributed by atoms with E-state index in [0.29, 0.717) is 18.2 Å².